The first-order chi connectivity index (χ1) is 12.6. The third-order valence-electron chi connectivity index (χ3n) is 5.65. The van der Waals surface area contributed by atoms with Crippen LogP contribution >= 0.6 is 15.9 Å². The van der Waals surface area contributed by atoms with E-state index >= 15 is 0 Å². The van der Waals surface area contributed by atoms with Crippen LogP contribution in [0.15, 0.2) is 33.7 Å². The summed E-state index contributed by atoms with van der Waals surface area (Å²) in [5.74, 6) is 0.838. The molecule has 2 N–H and O–H groups in total. The molecule has 0 radical (unpaired) electrons. The molecule has 0 saturated carbocycles. The molecule has 1 unspecified atom stereocenters. The normalized spacial score (nSPS) is 25.9. The summed E-state index contributed by atoms with van der Waals surface area (Å²) in [6.07, 6.45) is 4.26. The van der Waals surface area contributed by atoms with E-state index in [1.54, 1.807) is 0 Å². The van der Waals surface area contributed by atoms with E-state index in [1.807, 2.05) is 7.05 Å². The molecule has 3 rings (SSSR count). The van der Waals surface area contributed by atoms with E-state index in [2.05, 4.69) is 62.7 Å². The summed E-state index contributed by atoms with van der Waals surface area (Å²) < 4.78 is 12.6. The Kier molecular flexibility index (Phi) is 6.59. The molecular weight excluding hydrogens is 394 g/mol. The number of benzene rings is 1. The van der Waals surface area contributed by atoms with Gasteiger partial charge in [0.15, 0.2) is 5.96 Å². The molecule has 1 aromatic carbocycles. The number of nitrogens with one attached hydrogen (secondary N) is 2. The zero-order valence-electron chi connectivity index (χ0n) is 15.8. The second kappa shape index (κ2) is 8.72. The summed E-state index contributed by atoms with van der Waals surface area (Å²) in [5, 5.41) is 6.99. The van der Waals surface area contributed by atoms with Gasteiger partial charge in [0.25, 0.3) is 0 Å². The van der Waals surface area contributed by atoms with Gasteiger partial charge in [0.1, 0.15) is 0 Å². The minimum absolute atomic E-state index is 0.0737. The fraction of sp³-hybridized carbons (Fsp3) is 0.650. The Bertz CT molecular complexity index is 606. The van der Waals surface area contributed by atoms with Gasteiger partial charge in [-0.1, -0.05) is 28.1 Å². The number of hydrogen-bond donors (Lipinski definition) is 2. The lowest BCUT2D eigenvalue weighted by atomic mass is 9.74. The lowest BCUT2D eigenvalue weighted by Crippen LogP contribution is -2.50. The van der Waals surface area contributed by atoms with Gasteiger partial charge in [-0.15, -0.1) is 0 Å². The summed E-state index contributed by atoms with van der Waals surface area (Å²) in [4.78, 5) is 4.40. The zero-order chi connectivity index (χ0) is 18.5. The minimum atomic E-state index is -0.0836. The summed E-state index contributed by atoms with van der Waals surface area (Å²) in [6, 6.07) is 8.69. The average Bonchev–Trinajstić information content (AvgIpc) is 3.10. The van der Waals surface area contributed by atoms with Crippen molar-refractivity contribution in [3.63, 3.8) is 0 Å². The minimum Gasteiger partial charge on any atom is -0.381 e. The van der Waals surface area contributed by atoms with Crippen molar-refractivity contribution >= 4 is 21.9 Å². The Morgan fingerprint density at radius 3 is 2.38 bits per heavy atom. The smallest absolute Gasteiger partial charge is 0.191 e. The summed E-state index contributed by atoms with van der Waals surface area (Å²) in [7, 11) is 1.82. The number of ether oxygens (including phenoxy) is 2. The highest BCUT2D eigenvalue weighted by Crippen LogP contribution is 2.35. The maximum absolute atomic E-state index is 5.86. The molecule has 2 aliphatic rings. The molecule has 1 aromatic rings. The maximum atomic E-state index is 5.86. The van der Waals surface area contributed by atoms with Crippen LogP contribution in [-0.4, -0.2) is 51.5 Å². The average molecular weight is 424 g/mol. The van der Waals surface area contributed by atoms with E-state index in [1.165, 1.54) is 5.56 Å². The molecule has 5 nitrogen and oxygen atoms in total. The monoisotopic (exact) mass is 423 g/mol. The van der Waals surface area contributed by atoms with E-state index in [-0.39, 0.29) is 11.0 Å². The van der Waals surface area contributed by atoms with Crippen molar-refractivity contribution in [2.45, 2.75) is 43.6 Å². The van der Waals surface area contributed by atoms with Crippen LogP contribution in [0.25, 0.3) is 0 Å². The first-order valence-electron chi connectivity index (χ1n) is 9.48. The Balaban J connectivity index is 1.64. The van der Waals surface area contributed by atoms with Crippen molar-refractivity contribution in [1.29, 1.82) is 0 Å². The highest BCUT2D eigenvalue weighted by molar-refractivity contribution is 9.10. The van der Waals surface area contributed by atoms with E-state index in [0.717, 1.165) is 69.0 Å². The van der Waals surface area contributed by atoms with Crippen LogP contribution in [0, 0.1) is 0 Å². The number of rotatable bonds is 5. The van der Waals surface area contributed by atoms with Gasteiger partial charge in [0, 0.05) is 49.8 Å². The number of hydrogen-bond acceptors (Lipinski definition) is 3. The zero-order valence-corrected chi connectivity index (χ0v) is 17.4. The molecule has 144 valence electrons. The molecule has 26 heavy (non-hydrogen) atoms. The predicted octanol–water partition coefficient (Wildman–Crippen LogP) is 3.23. The van der Waals surface area contributed by atoms with Gasteiger partial charge in [0.05, 0.1) is 5.60 Å². The predicted molar refractivity (Wildman–Crippen MR) is 109 cm³/mol. The van der Waals surface area contributed by atoms with Gasteiger partial charge < -0.3 is 20.1 Å². The molecule has 0 aromatic heterocycles. The Labute approximate surface area is 165 Å². The summed E-state index contributed by atoms with van der Waals surface area (Å²) >= 11 is 3.54. The molecule has 0 spiro atoms. The molecule has 0 aliphatic carbocycles. The molecule has 2 saturated heterocycles. The number of nitrogens with zero attached hydrogens (tertiary/aromatic N) is 1. The second-order valence-corrected chi connectivity index (χ2v) is 8.50. The van der Waals surface area contributed by atoms with Crippen LogP contribution in [0.3, 0.4) is 0 Å². The number of guanidine groups is 1. The van der Waals surface area contributed by atoms with Crippen LogP contribution < -0.4 is 10.6 Å². The Hall–Kier alpha value is -1.11. The van der Waals surface area contributed by atoms with Crippen LogP contribution in [0.1, 0.15) is 38.2 Å². The number of halogens is 1. The Morgan fingerprint density at radius 2 is 1.77 bits per heavy atom. The summed E-state index contributed by atoms with van der Waals surface area (Å²) in [5.41, 5.74) is 1.35. The lowest BCUT2D eigenvalue weighted by Gasteiger charge is -2.38. The van der Waals surface area contributed by atoms with Gasteiger partial charge in [-0.2, -0.15) is 0 Å². The quantitative estimate of drug-likeness (QED) is 0.563. The highest BCUT2D eigenvalue weighted by Gasteiger charge is 2.35. The van der Waals surface area contributed by atoms with Gasteiger partial charge in [-0.3, -0.25) is 4.99 Å². The lowest BCUT2D eigenvalue weighted by molar-refractivity contribution is 0.0242. The first-order valence-corrected chi connectivity index (χ1v) is 10.3. The highest BCUT2D eigenvalue weighted by atomic mass is 79.9. The molecule has 6 heteroatoms. The maximum Gasteiger partial charge on any atom is 0.191 e. The van der Waals surface area contributed by atoms with Crippen LogP contribution in [0.4, 0.5) is 0 Å². The van der Waals surface area contributed by atoms with Crippen molar-refractivity contribution in [1.82, 2.24) is 10.6 Å². The van der Waals surface area contributed by atoms with Crippen molar-refractivity contribution in [3.05, 3.63) is 34.3 Å². The van der Waals surface area contributed by atoms with E-state index in [0.29, 0.717) is 0 Å². The fourth-order valence-corrected chi connectivity index (χ4v) is 4.12. The van der Waals surface area contributed by atoms with Crippen molar-refractivity contribution in [2.75, 3.05) is 40.0 Å². The molecule has 0 bridgehead atoms. The van der Waals surface area contributed by atoms with E-state index in [4.69, 9.17) is 9.47 Å². The second-order valence-electron chi connectivity index (χ2n) is 7.58. The van der Waals surface area contributed by atoms with Crippen LogP contribution in [-0.2, 0) is 14.9 Å². The van der Waals surface area contributed by atoms with Crippen molar-refractivity contribution < 1.29 is 9.47 Å². The van der Waals surface area contributed by atoms with E-state index < -0.39 is 0 Å². The van der Waals surface area contributed by atoms with Crippen LogP contribution in [0.2, 0.25) is 0 Å². The largest absolute Gasteiger partial charge is 0.381 e. The first kappa shape index (κ1) is 19.6. The van der Waals surface area contributed by atoms with Gasteiger partial charge in [0.2, 0.25) is 0 Å². The molecule has 2 aliphatic heterocycles. The molecular formula is C20H30BrN3O2. The summed E-state index contributed by atoms with van der Waals surface area (Å²) in [6.45, 7) is 6.25. The SMILES string of the molecule is CN=C(NCC1(C)CCCO1)NCC1(c2ccc(Br)cc2)CCOCC1. The van der Waals surface area contributed by atoms with Gasteiger partial charge in [-0.05, 0) is 50.3 Å². The Morgan fingerprint density at radius 1 is 1.08 bits per heavy atom. The van der Waals surface area contributed by atoms with Gasteiger partial charge >= 0.3 is 0 Å². The molecule has 2 heterocycles. The van der Waals surface area contributed by atoms with Gasteiger partial charge in [-0.25, -0.2) is 0 Å². The molecule has 1 atom stereocenters. The van der Waals surface area contributed by atoms with E-state index in [9.17, 15) is 0 Å². The molecule has 2 fully saturated rings. The fourth-order valence-electron chi connectivity index (χ4n) is 3.85. The van der Waals surface area contributed by atoms with Crippen molar-refractivity contribution in [2.24, 2.45) is 4.99 Å². The molecule has 0 amide bonds. The number of aliphatic imine (C=N–C) groups is 1. The standard InChI is InChI=1S/C20H30BrN3O2/c1-19(8-3-11-26-19)14-23-18(22-2)24-15-20(9-12-25-13-10-20)16-4-6-17(21)7-5-16/h4-7H,3,8-15H2,1-2H3,(H2,22,23,24). The van der Waals surface area contributed by atoms with Crippen LogP contribution in [0.5, 0.6) is 0 Å². The third kappa shape index (κ3) is 4.78. The topological polar surface area (TPSA) is 54.9 Å². The third-order valence-corrected chi connectivity index (χ3v) is 6.18. The van der Waals surface area contributed by atoms with Crippen molar-refractivity contribution in [3.8, 4) is 0 Å².